The lowest BCUT2D eigenvalue weighted by atomic mass is 10.2. The van der Waals surface area contributed by atoms with E-state index in [-0.39, 0.29) is 0 Å². The fourth-order valence-corrected chi connectivity index (χ4v) is 1.15. The Morgan fingerprint density at radius 1 is 1.29 bits per heavy atom. The molecule has 1 aromatic rings. The highest BCUT2D eigenvalue weighted by molar-refractivity contribution is 5.45. The summed E-state index contributed by atoms with van der Waals surface area (Å²) in [5.74, 6) is 1.87. The Balaban J connectivity index is 2.63. The highest BCUT2D eigenvalue weighted by atomic mass is 15.1. The second-order valence-electron chi connectivity index (χ2n) is 3.39. The first-order chi connectivity index (χ1) is 6.76. The molecule has 0 bridgehead atoms. The molecule has 0 spiro atoms. The van der Waals surface area contributed by atoms with Crippen molar-refractivity contribution in [3.8, 4) is 0 Å². The molecule has 78 valence electrons. The second-order valence-corrected chi connectivity index (χ2v) is 3.39. The second kappa shape index (κ2) is 5.47. The monoisotopic (exact) mass is 193 g/mol. The molecule has 3 heteroatoms. The van der Waals surface area contributed by atoms with E-state index < -0.39 is 0 Å². The van der Waals surface area contributed by atoms with Crippen molar-refractivity contribution >= 4 is 11.6 Å². The molecule has 0 saturated carbocycles. The van der Waals surface area contributed by atoms with Crippen LogP contribution >= 0.6 is 0 Å². The standard InChI is InChI=1S/C11H19N3/c1-4-9(3)13-11-8-6-7-10(14-11)12-5-2/h6-9H,4-5H2,1-3H3,(H2,12,13,14). The van der Waals surface area contributed by atoms with Gasteiger partial charge in [0.05, 0.1) is 0 Å². The highest BCUT2D eigenvalue weighted by Gasteiger charge is 2.00. The summed E-state index contributed by atoms with van der Waals surface area (Å²) >= 11 is 0. The Morgan fingerprint density at radius 2 is 2.00 bits per heavy atom. The summed E-state index contributed by atoms with van der Waals surface area (Å²) in [4.78, 5) is 4.43. The van der Waals surface area contributed by atoms with Gasteiger partial charge in [-0.2, -0.15) is 0 Å². The number of rotatable bonds is 5. The van der Waals surface area contributed by atoms with E-state index in [0.29, 0.717) is 6.04 Å². The van der Waals surface area contributed by atoms with Crippen LogP contribution in [0.3, 0.4) is 0 Å². The third-order valence-corrected chi connectivity index (χ3v) is 2.11. The number of hydrogen-bond acceptors (Lipinski definition) is 3. The normalized spacial score (nSPS) is 12.2. The van der Waals surface area contributed by atoms with Crippen molar-refractivity contribution in [1.82, 2.24) is 4.98 Å². The maximum Gasteiger partial charge on any atom is 0.128 e. The molecule has 0 radical (unpaired) electrons. The topological polar surface area (TPSA) is 37.0 Å². The van der Waals surface area contributed by atoms with Gasteiger partial charge in [-0.25, -0.2) is 4.98 Å². The third kappa shape index (κ3) is 3.24. The molecule has 1 heterocycles. The van der Waals surface area contributed by atoms with E-state index in [1.165, 1.54) is 0 Å². The highest BCUT2D eigenvalue weighted by Crippen LogP contribution is 2.10. The first-order valence-corrected chi connectivity index (χ1v) is 5.23. The van der Waals surface area contributed by atoms with Crippen LogP contribution in [0.5, 0.6) is 0 Å². The van der Waals surface area contributed by atoms with Gasteiger partial charge in [0.1, 0.15) is 11.6 Å². The van der Waals surface area contributed by atoms with Crippen LogP contribution in [0.25, 0.3) is 0 Å². The lowest BCUT2D eigenvalue weighted by Gasteiger charge is -2.12. The number of nitrogens with zero attached hydrogens (tertiary/aromatic N) is 1. The van der Waals surface area contributed by atoms with Gasteiger partial charge in [0, 0.05) is 12.6 Å². The summed E-state index contributed by atoms with van der Waals surface area (Å²) in [6.45, 7) is 7.28. The average Bonchev–Trinajstić information content (AvgIpc) is 2.19. The van der Waals surface area contributed by atoms with E-state index in [9.17, 15) is 0 Å². The smallest absolute Gasteiger partial charge is 0.128 e. The number of aromatic nitrogens is 1. The van der Waals surface area contributed by atoms with Crippen LogP contribution in [0.15, 0.2) is 18.2 Å². The molecule has 0 fully saturated rings. The van der Waals surface area contributed by atoms with E-state index in [2.05, 4.69) is 36.4 Å². The van der Waals surface area contributed by atoms with Crippen LogP contribution in [0, 0.1) is 0 Å². The first-order valence-electron chi connectivity index (χ1n) is 5.23. The molecule has 1 aromatic heterocycles. The van der Waals surface area contributed by atoms with Crippen LogP contribution in [-0.4, -0.2) is 17.6 Å². The molecule has 3 nitrogen and oxygen atoms in total. The van der Waals surface area contributed by atoms with Gasteiger partial charge in [-0.3, -0.25) is 0 Å². The SMILES string of the molecule is CCNc1cccc(NC(C)CC)n1. The molecular weight excluding hydrogens is 174 g/mol. The predicted molar refractivity (Wildman–Crippen MR) is 61.8 cm³/mol. The number of anilines is 2. The molecule has 0 aliphatic rings. The zero-order valence-corrected chi connectivity index (χ0v) is 9.17. The summed E-state index contributed by atoms with van der Waals surface area (Å²) in [7, 11) is 0. The van der Waals surface area contributed by atoms with Crippen molar-refractivity contribution in [3.63, 3.8) is 0 Å². The molecule has 0 aliphatic carbocycles. The van der Waals surface area contributed by atoms with Crippen LogP contribution in [0.1, 0.15) is 27.2 Å². The minimum atomic E-state index is 0.472. The van der Waals surface area contributed by atoms with Gasteiger partial charge in [-0.15, -0.1) is 0 Å². The number of pyridine rings is 1. The van der Waals surface area contributed by atoms with Crippen LogP contribution in [0.4, 0.5) is 11.6 Å². The molecule has 0 saturated heterocycles. The summed E-state index contributed by atoms with van der Waals surface area (Å²) in [6, 6.07) is 6.45. The molecule has 2 N–H and O–H groups in total. The molecule has 1 rings (SSSR count). The van der Waals surface area contributed by atoms with Gasteiger partial charge in [0.15, 0.2) is 0 Å². The quantitative estimate of drug-likeness (QED) is 0.755. The molecule has 1 unspecified atom stereocenters. The van der Waals surface area contributed by atoms with Gasteiger partial charge >= 0.3 is 0 Å². The van der Waals surface area contributed by atoms with Crippen molar-refractivity contribution in [1.29, 1.82) is 0 Å². The Morgan fingerprint density at radius 3 is 2.64 bits per heavy atom. The first kappa shape index (κ1) is 10.8. The fraction of sp³-hybridized carbons (Fsp3) is 0.545. The zero-order chi connectivity index (χ0) is 10.4. The van der Waals surface area contributed by atoms with E-state index in [1.807, 2.05) is 18.2 Å². The summed E-state index contributed by atoms with van der Waals surface area (Å²) in [6.07, 6.45) is 1.10. The van der Waals surface area contributed by atoms with E-state index >= 15 is 0 Å². The van der Waals surface area contributed by atoms with Gasteiger partial charge in [0.25, 0.3) is 0 Å². The van der Waals surface area contributed by atoms with Gasteiger partial charge in [-0.1, -0.05) is 13.0 Å². The summed E-state index contributed by atoms with van der Waals surface area (Å²) in [5.41, 5.74) is 0. The molecule has 0 aliphatic heterocycles. The van der Waals surface area contributed by atoms with E-state index in [1.54, 1.807) is 0 Å². The molecular formula is C11H19N3. The molecule has 14 heavy (non-hydrogen) atoms. The molecule has 0 amide bonds. The maximum atomic E-state index is 4.43. The lowest BCUT2D eigenvalue weighted by molar-refractivity contribution is 0.759. The zero-order valence-electron chi connectivity index (χ0n) is 9.17. The molecule has 1 atom stereocenters. The minimum Gasteiger partial charge on any atom is -0.370 e. The van der Waals surface area contributed by atoms with Crippen molar-refractivity contribution in [2.75, 3.05) is 17.2 Å². The van der Waals surface area contributed by atoms with Crippen LogP contribution in [0.2, 0.25) is 0 Å². The van der Waals surface area contributed by atoms with E-state index in [4.69, 9.17) is 0 Å². The van der Waals surface area contributed by atoms with Crippen molar-refractivity contribution in [3.05, 3.63) is 18.2 Å². The fourth-order valence-electron chi connectivity index (χ4n) is 1.15. The van der Waals surface area contributed by atoms with Gasteiger partial charge in [0.2, 0.25) is 0 Å². The predicted octanol–water partition coefficient (Wildman–Crippen LogP) is 2.72. The lowest BCUT2D eigenvalue weighted by Crippen LogP contribution is -2.14. The van der Waals surface area contributed by atoms with Gasteiger partial charge in [-0.05, 0) is 32.4 Å². The Hall–Kier alpha value is -1.25. The number of nitrogens with one attached hydrogen (secondary N) is 2. The third-order valence-electron chi connectivity index (χ3n) is 2.11. The minimum absolute atomic E-state index is 0.472. The van der Waals surface area contributed by atoms with Crippen molar-refractivity contribution in [2.24, 2.45) is 0 Å². The van der Waals surface area contributed by atoms with Crippen LogP contribution < -0.4 is 10.6 Å². The van der Waals surface area contributed by atoms with Crippen molar-refractivity contribution in [2.45, 2.75) is 33.2 Å². The summed E-state index contributed by atoms with van der Waals surface area (Å²) < 4.78 is 0. The Kier molecular flexibility index (Phi) is 4.23. The Bertz CT molecular complexity index is 273. The average molecular weight is 193 g/mol. The van der Waals surface area contributed by atoms with Gasteiger partial charge < -0.3 is 10.6 Å². The largest absolute Gasteiger partial charge is 0.370 e. The maximum absolute atomic E-state index is 4.43. The Labute approximate surface area is 85.9 Å². The number of hydrogen-bond donors (Lipinski definition) is 2. The molecule has 0 aromatic carbocycles. The van der Waals surface area contributed by atoms with Crippen LogP contribution in [-0.2, 0) is 0 Å². The van der Waals surface area contributed by atoms with Crippen molar-refractivity contribution < 1.29 is 0 Å². The summed E-state index contributed by atoms with van der Waals surface area (Å²) in [5, 5.41) is 6.53. The van der Waals surface area contributed by atoms with E-state index in [0.717, 1.165) is 24.6 Å².